The summed E-state index contributed by atoms with van der Waals surface area (Å²) in [7, 11) is 0. The summed E-state index contributed by atoms with van der Waals surface area (Å²) in [6.07, 6.45) is 1.74. The van der Waals surface area contributed by atoms with E-state index in [1.807, 2.05) is 26.0 Å². The molecule has 0 aromatic carbocycles. The summed E-state index contributed by atoms with van der Waals surface area (Å²) in [6.45, 7) is 3.85. The molecule has 0 N–H and O–H groups in total. The Labute approximate surface area is 72.8 Å². The molecule has 1 unspecified atom stereocenters. The van der Waals surface area contributed by atoms with Crippen molar-refractivity contribution < 1.29 is 4.42 Å². The lowest BCUT2D eigenvalue weighted by Crippen LogP contribution is -1.92. The molecule has 0 bridgehead atoms. The second-order valence-electron chi connectivity index (χ2n) is 3.08. The van der Waals surface area contributed by atoms with Crippen molar-refractivity contribution in [3.8, 4) is 6.07 Å². The quantitative estimate of drug-likeness (QED) is 0.686. The van der Waals surface area contributed by atoms with Gasteiger partial charge < -0.3 is 4.42 Å². The molecule has 2 heteroatoms. The number of furan rings is 1. The molecule has 0 saturated heterocycles. The normalized spacial score (nSPS) is 12.4. The minimum atomic E-state index is 0.121. The van der Waals surface area contributed by atoms with Gasteiger partial charge in [-0.3, -0.25) is 0 Å². The molecule has 0 aliphatic rings. The third-order valence-electron chi connectivity index (χ3n) is 1.84. The van der Waals surface area contributed by atoms with Gasteiger partial charge in [0.1, 0.15) is 11.5 Å². The molecule has 2 nitrogen and oxygen atoms in total. The van der Waals surface area contributed by atoms with Crippen LogP contribution in [-0.2, 0) is 6.42 Å². The highest BCUT2D eigenvalue weighted by atomic mass is 16.3. The molecule has 0 amide bonds. The van der Waals surface area contributed by atoms with Crippen LogP contribution in [0.1, 0.15) is 24.9 Å². The van der Waals surface area contributed by atoms with Gasteiger partial charge in [0.25, 0.3) is 0 Å². The number of aryl methyl sites for hydroxylation is 2. The van der Waals surface area contributed by atoms with Gasteiger partial charge in [0, 0.05) is 12.3 Å². The Morgan fingerprint density at radius 2 is 2.33 bits per heavy atom. The molecule has 1 aromatic rings. The van der Waals surface area contributed by atoms with E-state index >= 15 is 0 Å². The lowest BCUT2D eigenvalue weighted by atomic mass is 10.1. The molecule has 1 atom stereocenters. The maximum absolute atomic E-state index is 8.54. The average molecular weight is 163 g/mol. The van der Waals surface area contributed by atoms with Crippen LogP contribution in [0, 0.1) is 24.2 Å². The molecule has 0 fully saturated rings. The smallest absolute Gasteiger partial charge is 0.104 e. The van der Waals surface area contributed by atoms with Crippen LogP contribution < -0.4 is 0 Å². The van der Waals surface area contributed by atoms with Gasteiger partial charge in [-0.05, 0) is 32.4 Å². The van der Waals surface area contributed by atoms with Gasteiger partial charge >= 0.3 is 0 Å². The van der Waals surface area contributed by atoms with Crippen LogP contribution in [0.25, 0.3) is 0 Å². The Balaban J connectivity index is 2.39. The van der Waals surface area contributed by atoms with Crippen LogP contribution in [0.5, 0.6) is 0 Å². The second-order valence-corrected chi connectivity index (χ2v) is 3.08. The lowest BCUT2D eigenvalue weighted by Gasteiger charge is -1.98. The summed E-state index contributed by atoms with van der Waals surface area (Å²) in [4.78, 5) is 0. The molecule has 0 saturated carbocycles. The first-order valence-corrected chi connectivity index (χ1v) is 4.17. The van der Waals surface area contributed by atoms with Gasteiger partial charge in [0.05, 0.1) is 6.07 Å². The molecule has 64 valence electrons. The monoisotopic (exact) mass is 163 g/mol. The molecular weight excluding hydrogens is 150 g/mol. The standard InChI is InChI=1S/C10H13NO/c1-8(7-11)3-5-10-6-4-9(2)12-10/h4,6,8H,3,5H2,1-2H3. The Morgan fingerprint density at radius 1 is 1.58 bits per heavy atom. The zero-order valence-electron chi connectivity index (χ0n) is 7.50. The first kappa shape index (κ1) is 8.86. The summed E-state index contributed by atoms with van der Waals surface area (Å²) in [5.74, 6) is 2.04. The van der Waals surface area contributed by atoms with Gasteiger partial charge in [0.15, 0.2) is 0 Å². The Morgan fingerprint density at radius 3 is 2.83 bits per heavy atom. The van der Waals surface area contributed by atoms with Crippen LogP contribution in [-0.4, -0.2) is 0 Å². The first-order valence-electron chi connectivity index (χ1n) is 4.17. The molecule has 1 aromatic heterocycles. The largest absolute Gasteiger partial charge is 0.466 e. The lowest BCUT2D eigenvalue weighted by molar-refractivity contribution is 0.467. The number of nitriles is 1. The van der Waals surface area contributed by atoms with E-state index in [1.54, 1.807) is 0 Å². The van der Waals surface area contributed by atoms with Crippen molar-refractivity contribution in [1.29, 1.82) is 5.26 Å². The predicted octanol–water partition coefficient (Wildman–Crippen LogP) is 2.68. The molecule has 0 aliphatic heterocycles. The molecule has 1 heterocycles. The van der Waals surface area contributed by atoms with Gasteiger partial charge in [-0.15, -0.1) is 0 Å². The zero-order valence-corrected chi connectivity index (χ0v) is 7.50. The summed E-state index contributed by atoms with van der Waals surface area (Å²) in [6, 6.07) is 6.12. The molecule has 0 spiro atoms. The summed E-state index contributed by atoms with van der Waals surface area (Å²) in [5, 5.41) is 8.54. The maximum Gasteiger partial charge on any atom is 0.104 e. The van der Waals surface area contributed by atoms with Crippen molar-refractivity contribution in [1.82, 2.24) is 0 Å². The van der Waals surface area contributed by atoms with Crippen LogP contribution >= 0.6 is 0 Å². The molecule has 1 rings (SSSR count). The van der Waals surface area contributed by atoms with Crippen molar-refractivity contribution in [3.63, 3.8) is 0 Å². The van der Waals surface area contributed by atoms with Crippen molar-refractivity contribution in [2.75, 3.05) is 0 Å². The average Bonchev–Trinajstić information content (AvgIpc) is 2.47. The topological polar surface area (TPSA) is 36.9 Å². The summed E-state index contributed by atoms with van der Waals surface area (Å²) >= 11 is 0. The number of hydrogen-bond donors (Lipinski definition) is 0. The fourth-order valence-electron chi connectivity index (χ4n) is 1.04. The van der Waals surface area contributed by atoms with Crippen LogP contribution in [0.15, 0.2) is 16.5 Å². The highest BCUT2D eigenvalue weighted by Crippen LogP contribution is 2.11. The zero-order chi connectivity index (χ0) is 8.97. The minimum absolute atomic E-state index is 0.121. The Hall–Kier alpha value is -1.23. The van der Waals surface area contributed by atoms with E-state index in [9.17, 15) is 0 Å². The number of rotatable bonds is 3. The Kier molecular flexibility index (Phi) is 2.93. The van der Waals surface area contributed by atoms with Crippen molar-refractivity contribution >= 4 is 0 Å². The van der Waals surface area contributed by atoms with Crippen molar-refractivity contribution in [3.05, 3.63) is 23.7 Å². The highest BCUT2D eigenvalue weighted by molar-refractivity contribution is 5.05. The summed E-state index contributed by atoms with van der Waals surface area (Å²) in [5.41, 5.74) is 0. The minimum Gasteiger partial charge on any atom is -0.466 e. The fourth-order valence-corrected chi connectivity index (χ4v) is 1.04. The highest BCUT2D eigenvalue weighted by Gasteiger charge is 2.02. The van der Waals surface area contributed by atoms with Gasteiger partial charge in [-0.25, -0.2) is 0 Å². The fraction of sp³-hybridized carbons (Fsp3) is 0.500. The van der Waals surface area contributed by atoms with Gasteiger partial charge in [-0.1, -0.05) is 0 Å². The van der Waals surface area contributed by atoms with E-state index in [4.69, 9.17) is 9.68 Å². The third-order valence-corrected chi connectivity index (χ3v) is 1.84. The van der Waals surface area contributed by atoms with Crippen LogP contribution in [0.4, 0.5) is 0 Å². The van der Waals surface area contributed by atoms with Crippen LogP contribution in [0.2, 0.25) is 0 Å². The van der Waals surface area contributed by atoms with E-state index < -0.39 is 0 Å². The maximum atomic E-state index is 8.54. The van der Waals surface area contributed by atoms with Crippen LogP contribution in [0.3, 0.4) is 0 Å². The molecule has 12 heavy (non-hydrogen) atoms. The van der Waals surface area contributed by atoms with E-state index in [0.717, 1.165) is 24.4 Å². The first-order chi connectivity index (χ1) is 5.72. The SMILES string of the molecule is Cc1ccc(CCC(C)C#N)o1. The number of nitrogens with zero attached hydrogens (tertiary/aromatic N) is 1. The van der Waals surface area contributed by atoms with Gasteiger partial charge in [-0.2, -0.15) is 5.26 Å². The van der Waals surface area contributed by atoms with Crippen molar-refractivity contribution in [2.24, 2.45) is 5.92 Å². The summed E-state index contributed by atoms with van der Waals surface area (Å²) < 4.78 is 5.37. The van der Waals surface area contributed by atoms with Gasteiger partial charge in [0.2, 0.25) is 0 Å². The molecule has 0 radical (unpaired) electrons. The molecular formula is C10H13NO. The third kappa shape index (κ3) is 2.43. The van der Waals surface area contributed by atoms with Crippen molar-refractivity contribution in [2.45, 2.75) is 26.7 Å². The van der Waals surface area contributed by atoms with E-state index in [2.05, 4.69) is 6.07 Å². The van der Waals surface area contributed by atoms with E-state index in [0.29, 0.717) is 0 Å². The second kappa shape index (κ2) is 3.96. The Bertz CT molecular complexity index is 282. The predicted molar refractivity (Wildman–Crippen MR) is 46.5 cm³/mol. The molecule has 0 aliphatic carbocycles. The van der Waals surface area contributed by atoms with E-state index in [1.165, 1.54) is 0 Å². The number of hydrogen-bond acceptors (Lipinski definition) is 2. The van der Waals surface area contributed by atoms with E-state index in [-0.39, 0.29) is 5.92 Å².